The van der Waals surface area contributed by atoms with Crippen molar-refractivity contribution in [1.82, 2.24) is 0 Å². The zero-order valence-corrected chi connectivity index (χ0v) is 18.7. The van der Waals surface area contributed by atoms with E-state index in [1.165, 1.54) is 17.7 Å². The summed E-state index contributed by atoms with van der Waals surface area (Å²) in [4.78, 5) is 26.6. The molecule has 1 saturated carbocycles. The van der Waals surface area contributed by atoms with Gasteiger partial charge in [0.1, 0.15) is 0 Å². The van der Waals surface area contributed by atoms with E-state index in [4.69, 9.17) is 23.2 Å². The second kappa shape index (κ2) is 7.80. The van der Waals surface area contributed by atoms with Gasteiger partial charge >= 0.3 is 5.97 Å². The van der Waals surface area contributed by atoms with Gasteiger partial charge in [-0.3, -0.25) is 9.69 Å². The first-order valence-electron chi connectivity index (χ1n) is 10.3. The second-order valence-electron chi connectivity index (χ2n) is 8.15. The predicted molar refractivity (Wildman–Crippen MR) is 128 cm³/mol. The molecule has 0 aromatic heterocycles. The molecule has 1 fully saturated rings. The maximum Gasteiger partial charge on any atom is 0.337 e. The number of fused-ring (bicyclic) bond motifs is 1. The smallest absolute Gasteiger partial charge is 0.337 e. The van der Waals surface area contributed by atoms with Gasteiger partial charge in [-0.25, -0.2) is 4.79 Å². The van der Waals surface area contributed by atoms with Crippen molar-refractivity contribution >= 4 is 58.1 Å². The van der Waals surface area contributed by atoms with Gasteiger partial charge in [-0.05, 0) is 78.8 Å². The van der Waals surface area contributed by atoms with E-state index in [0.29, 0.717) is 22.2 Å². The van der Waals surface area contributed by atoms with Gasteiger partial charge in [0.05, 0.1) is 27.5 Å². The van der Waals surface area contributed by atoms with Gasteiger partial charge in [0, 0.05) is 10.6 Å². The summed E-state index contributed by atoms with van der Waals surface area (Å²) < 4.78 is 0. The molecule has 1 aliphatic carbocycles. The lowest BCUT2D eigenvalue weighted by Crippen LogP contribution is -2.20. The summed E-state index contributed by atoms with van der Waals surface area (Å²) in [5.41, 5.74) is 5.67. The summed E-state index contributed by atoms with van der Waals surface area (Å²) in [5, 5.41) is 9.99. The van der Waals surface area contributed by atoms with E-state index >= 15 is 0 Å². The second-order valence-corrected chi connectivity index (χ2v) is 8.97. The highest BCUT2D eigenvalue weighted by molar-refractivity contribution is 6.40. The Morgan fingerprint density at radius 1 is 1.06 bits per heavy atom. The normalized spacial score (nSPS) is 16.5. The molecule has 3 aromatic carbocycles. The standard InChI is InChI=1S/C26H19Cl2NO3/c1-14-4-2-7-23-24(14)20(13-19-17(15-8-9-15)5-3-6-21(19)27)25(30)29(23)16-10-11-18(26(31)32)22(28)12-16/h2-7,10-13,15H,8-9H2,1H3,(H,31,32)/b20-13+. The van der Waals surface area contributed by atoms with Crippen molar-refractivity contribution in [1.29, 1.82) is 0 Å². The van der Waals surface area contributed by atoms with Crippen LogP contribution in [0.4, 0.5) is 11.4 Å². The minimum absolute atomic E-state index is 0.00700. The van der Waals surface area contributed by atoms with Gasteiger partial charge in [-0.1, -0.05) is 47.5 Å². The van der Waals surface area contributed by atoms with E-state index in [1.54, 1.807) is 11.0 Å². The Hall–Kier alpha value is -3.08. The number of aromatic carboxylic acids is 1. The van der Waals surface area contributed by atoms with Crippen LogP contribution in [0.5, 0.6) is 0 Å². The van der Waals surface area contributed by atoms with Crippen LogP contribution in [-0.4, -0.2) is 17.0 Å². The van der Waals surface area contributed by atoms with Crippen LogP contribution in [0, 0.1) is 6.92 Å². The highest BCUT2D eigenvalue weighted by atomic mass is 35.5. The van der Waals surface area contributed by atoms with E-state index in [9.17, 15) is 14.7 Å². The molecule has 0 bridgehead atoms. The van der Waals surface area contributed by atoms with Crippen molar-refractivity contribution in [2.45, 2.75) is 25.7 Å². The summed E-state index contributed by atoms with van der Waals surface area (Å²) in [6, 6.07) is 16.2. The number of amides is 1. The number of halogens is 2. The highest BCUT2D eigenvalue weighted by Gasteiger charge is 2.36. The molecule has 32 heavy (non-hydrogen) atoms. The molecule has 1 N–H and O–H groups in total. The van der Waals surface area contributed by atoms with Crippen LogP contribution in [0.15, 0.2) is 54.6 Å². The first kappa shape index (κ1) is 20.8. The van der Waals surface area contributed by atoms with Crippen molar-refractivity contribution in [3.8, 4) is 0 Å². The number of anilines is 2. The summed E-state index contributed by atoms with van der Waals surface area (Å²) >= 11 is 12.8. The molecular formula is C26H19Cl2NO3. The summed E-state index contributed by atoms with van der Waals surface area (Å²) in [6.45, 7) is 1.97. The van der Waals surface area contributed by atoms with Crippen LogP contribution in [0.2, 0.25) is 10.0 Å². The number of carbonyl (C=O) groups excluding carboxylic acids is 1. The molecule has 6 heteroatoms. The number of nitrogens with zero attached hydrogens (tertiary/aromatic N) is 1. The van der Waals surface area contributed by atoms with E-state index in [2.05, 4.69) is 6.07 Å². The molecule has 0 saturated heterocycles. The lowest BCUT2D eigenvalue weighted by Gasteiger charge is -2.18. The van der Waals surface area contributed by atoms with Gasteiger partial charge in [-0.15, -0.1) is 0 Å². The minimum Gasteiger partial charge on any atom is -0.478 e. The highest BCUT2D eigenvalue weighted by Crippen LogP contribution is 2.47. The average Bonchev–Trinajstić information content (AvgIpc) is 3.54. The first-order chi connectivity index (χ1) is 15.4. The molecule has 4 nitrogen and oxygen atoms in total. The Labute approximate surface area is 195 Å². The number of carboxylic acid groups (broad SMARTS) is 1. The third-order valence-corrected chi connectivity index (χ3v) is 6.67. The summed E-state index contributed by atoms with van der Waals surface area (Å²) in [6.07, 6.45) is 4.15. The fraction of sp³-hybridized carbons (Fsp3) is 0.154. The van der Waals surface area contributed by atoms with Crippen molar-refractivity contribution in [2.75, 3.05) is 4.90 Å². The van der Waals surface area contributed by atoms with Crippen LogP contribution in [0.1, 0.15) is 51.4 Å². The van der Waals surface area contributed by atoms with Crippen LogP contribution in [0.25, 0.3) is 11.6 Å². The number of hydrogen-bond donors (Lipinski definition) is 1. The molecule has 0 spiro atoms. The zero-order valence-electron chi connectivity index (χ0n) is 17.2. The van der Waals surface area contributed by atoms with E-state index in [1.807, 2.05) is 43.3 Å². The molecule has 3 aromatic rings. The summed E-state index contributed by atoms with van der Waals surface area (Å²) in [5.74, 6) is -0.834. The fourth-order valence-electron chi connectivity index (χ4n) is 4.33. The predicted octanol–water partition coefficient (Wildman–Crippen LogP) is 7.10. The van der Waals surface area contributed by atoms with Crippen molar-refractivity contribution in [3.05, 3.63) is 92.5 Å². The molecule has 5 rings (SSSR count). The molecule has 1 heterocycles. The number of carboxylic acids is 1. The molecular weight excluding hydrogens is 445 g/mol. The van der Waals surface area contributed by atoms with Gasteiger partial charge in [0.2, 0.25) is 0 Å². The molecule has 0 radical (unpaired) electrons. The maximum absolute atomic E-state index is 13.7. The lowest BCUT2D eigenvalue weighted by molar-refractivity contribution is -0.112. The van der Waals surface area contributed by atoms with Gasteiger partial charge < -0.3 is 5.11 Å². The number of carbonyl (C=O) groups is 2. The third kappa shape index (κ3) is 3.40. The Morgan fingerprint density at radius 3 is 2.50 bits per heavy atom. The number of aryl methyl sites for hydroxylation is 1. The monoisotopic (exact) mass is 463 g/mol. The van der Waals surface area contributed by atoms with Crippen LogP contribution < -0.4 is 4.90 Å². The molecule has 0 atom stereocenters. The lowest BCUT2D eigenvalue weighted by atomic mass is 9.96. The van der Waals surface area contributed by atoms with Gasteiger partial charge in [0.15, 0.2) is 0 Å². The molecule has 160 valence electrons. The molecule has 1 aliphatic heterocycles. The molecule has 0 unspecified atom stereocenters. The average molecular weight is 464 g/mol. The topological polar surface area (TPSA) is 57.6 Å². The quantitative estimate of drug-likeness (QED) is 0.419. The van der Waals surface area contributed by atoms with Crippen LogP contribution in [-0.2, 0) is 4.79 Å². The van der Waals surface area contributed by atoms with E-state index in [0.717, 1.165) is 35.2 Å². The minimum atomic E-state index is -1.11. The molecule has 2 aliphatic rings. The van der Waals surface area contributed by atoms with Crippen molar-refractivity contribution in [3.63, 3.8) is 0 Å². The van der Waals surface area contributed by atoms with Crippen molar-refractivity contribution in [2.24, 2.45) is 0 Å². The largest absolute Gasteiger partial charge is 0.478 e. The van der Waals surface area contributed by atoms with Gasteiger partial charge in [-0.2, -0.15) is 0 Å². The van der Waals surface area contributed by atoms with E-state index in [-0.39, 0.29) is 16.5 Å². The Balaban J connectivity index is 1.68. The summed E-state index contributed by atoms with van der Waals surface area (Å²) in [7, 11) is 0. The molecule has 1 amide bonds. The number of hydrogen-bond acceptors (Lipinski definition) is 2. The van der Waals surface area contributed by atoms with Gasteiger partial charge in [0.25, 0.3) is 5.91 Å². The Bertz CT molecular complexity index is 1320. The first-order valence-corrected chi connectivity index (χ1v) is 11.1. The zero-order chi connectivity index (χ0) is 22.6. The Morgan fingerprint density at radius 2 is 1.81 bits per heavy atom. The number of benzene rings is 3. The van der Waals surface area contributed by atoms with Crippen LogP contribution >= 0.6 is 23.2 Å². The maximum atomic E-state index is 13.7. The Kier molecular flexibility index (Phi) is 5.07. The third-order valence-electron chi connectivity index (χ3n) is 6.03. The fourth-order valence-corrected chi connectivity index (χ4v) is 4.83. The van der Waals surface area contributed by atoms with Crippen LogP contribution in [0.3, 0.4) is 0 Å². The van der Waals surface area contributed by atoms with E-state index < -0.39 is 5.97 Å². The SMILES string of the molecule is Cc1cccc2c1/C(=C\c1c(Cl)cccc1C1CC1)C(=O)N2c1ccc(C(=O)O)c(Cl)c1. The van der Waals surface area contributed by atoms with Crippen molar-refractivity contribution < 1.29 is 14.7 Å². The number of rotatable bonds is 4.